The third-order valence-corrected chi connectivity index (χ3v) is 2.57. The molecule has 0 spiro atoms. The highest BCUT2D eigenvalue weighted by Crippen LogP contribution is 2.18. The summed E-state index contributed by atoms with van der Waals surface area (Å²) >= 11 is 0. The average molecular weight is 329 g/mol. The van der Waals surface area contributed by atoms with Crippen LogP contribution in [0.3, 0.4) is 0 Å². The Morgan fingerprint density at radius 2 is 1.64 bits per heavy atom. The maximum absolute atomic E-state index is 13.4. The van der Waals surface area contributed by atoms with Gasteiger partial charge in [-0.1, -0.05) is 0 Å². The Morgan fingerprint density at radius 3 is 2.14 bits per heavy atom. The second-order valence-corrected chi connectivity index (χ2v) is 4.33. The standard InChI is InChI=1S/C12H9F6NO3/c13-7-4-9(15)8(14)2-5(7)1-6(3-10(20)21)19-11(22)12(16,17)18/h2,4,6H,1,3H2,(H,19,22)(H,20,21)/t6-/m1/s1. The largest absolute Gasteiger partial charge is 0.481 e. The van der Waals surface area contributed by atoms with Crippen molar-refractivity contribution in [2.24, 2.45) is 0 Å². The van der Waals surface area contributed by atoms with Gasteiger partial charge in [0.2, 0.25) is 0 Å². The molecule has 1 aromatic carbocycles. The van der Waals surface area contributed by atoms with Gasteiger partial charge in [0.25, 0.3) is 0 Å². The maximum atomic E-state index is 13.4. The highest BCUT2D eigenvalue weighted by atomic mass is 19.4. The summed E-state index contributed by atoms with van der Waals surface area (Å²) < 4.78 is 75.6. The third-order valence-electron chi connectivity index (χ3n) is 2.57. The zero-order chi connectivity index (χ0) is 17.1. The summed E-state index contributed by atoms with van der Waals surface area (Å²) in [5.41, 5.74) is -0.562. The molecule has 0 saturated carbocycles. The first-order valence-electron chi connectivity index (χ1n) is 5.73. The summed E-state index contributed by atoms with van der Waals surface area (Å²) in [4.78, 5) is 21.4. The van der Waals surface area contributed by atoms with Gasteiger partial charge in [-0.25, -0.2) is 13.2 Å². The lowest BCUT2D eigenvalue weighted by Crippen LogP contribution is -2.45. The van der Waals surface area contributed by atoms with Crippen LogP contribution in [-0.4, -0.2) is 29.2 Å². The fourth-order valence-corrected chi connectivity index (χ4v) is 1.64. The van der Waals surface area contributed by atoms with Crippen molar-refractivity contribution in [3.63, 3.8) is 0 Å². The molecule has 0 aliphatic carbocycles. The van der Waals surface area contributed by atoms with Crippen molar-refractivity contribution in [3.8, 4) is 0 Å². The van der Waals surface area contributed by atoms with Crippen LogP contribution < -0.4 is 5.32 Å². The van der Waals surface area contributed by atoms with Gasteiger partial charge in [-0.2, -0.15) is 13.2 Å². The van der Waals surface area contributed by atoms with Crippen LogP contribution in [0.5, 0.6) is 0 Å². The van der Waals surface area contributed by atoms with Crippen LogP contribution in [-0.2, 0) is 16.0 Å². The molecule has 4 nitrogen and oxygen atoms in total. The van der Waals surface area contributed by atoms with E-state index in [1.165, 1.54) is 5.32 Å². The number of amides is 1. The van der Waals surface area contributed by atoms with Gasteiger partial charge < -0.3 is 10.4 Å². The number of halogens is 6. The summed E-state index contributed by atoms with van der Waals surface area (Å²) in [6, 6.07) is -1.08. The Kier molecular flexibility index (Phi) is 5.39. The number of hydrogen-bond acceptors (Lipinski definition) is 2. The monoisotopic (exact) mass is 329 g/mol. The van der Waals surface area contributed by atoms with Gasteiger partial charge in [0.15, 0.2) is 11.6 Å². The molecule has 0 fully saturated rings. The second kappa shape index (κ2) is 6.67. The number of nitrogens with one attached hydrogen (secondary N) is 1. The molecular weight excluding hydrogens is 320 g/mol. The molecule has 1 amide bonds. The molecule has 1 atom stereocenters. The van der Waals surface area contributed by atoms with Gasteiger partial charge in [0.05, 0.1) is 6.42 Å². The van der Waals surface area contributed by atoms with Crippen LogP contribution in [0.2, 0.25) is 0 Å². The minimum absolute atomic E-state index is 0.175. The Balaban J connectivity index is 2.97. The normalized spacial score (nSPS) is 12.8. The van der Waals surface area contributed by atoms with E-state index in [0.717, 1.165) is 0 Å². The van der Waals surface area contributed by atoms with Crippen LogP contribution in [0.25, 0.3) is 0 Å². The summed E-state index contributed by atoms with van der Waals surface area (Å²) in [6.45, 7) is 0. The SMILES string of the molecule is O=C(O)C[C@@H](Cc1cc(F)c(F)cc1F)NC(=O)C(F)(F)F. The van der Waals surface area contributed by atoms with Crippen LogP contribution in [0.1, 0.15) is 12.0 Å². The number of benzene rings is 1. The Bertz CT molecular complexity index is 587. The van der Waals surface area contributed by atoms with E-state index >= 15 is 0 Å². The minimum Gasteiger partial charge on any atom is -0.481 e. The predicted octanol–water partition coefficient (Wildman–Crippen LogP) is 2.17. The zero-order valence-corrected chi connectivity index (χ0v) is 10.7. The molecule has 10 heteroatoms. The zero-order valence-electron chi connectivity index (χ0n) is 10.7. The van der Waals surface area contributed by atoms with Gasteiger partial charge in [-0.15, -0.1) is 0 Å². The van der Waals surface area contributed by atoms with Crippen molar-refractivity contribution in [1.82, 2.24) is 5.32 Å². The Morgan fingerprint density at radius 1 is 1.09 bits per heavy atom. The fourth-order valence-electron chi connectivity index (χ4n) is 1.64. The van der Waals surface area contributed by atoms with E-state index in [2.05, 4.69) is 0 Å². The molecule has 0 heterocycles. The van der Waals surface area contributed by atoms with Crippen molar-refractivity contribution in [1.29, 1.82) is 0 Å². The molecule has 0 radical (unpaired) electrons. The van der Waals surface area contributed by atoms with Gasteiger partial charge in [-0.3, -0.25) is 9.59 Å². The molecule has 122 valence electrons. The Hall–Kier alpha value is -2.26. The molecule has 0 aromatic heterocycles. The van der Waals surface area contributed by atoms with E-state index in [1.54, 1.807) is 0 Å². The van der Waals surface area contributed by atoms with Gasteiger partial charge in [0.1, 0.15) is 5.82 Å². The average Bonchev–Trinajstić information content (AvgIpc) is 2.33. The van der Waals surface area contributed by atoms with E-state index in [-0.39, 0.29) is 6.07 Å². The van der Waals surface area contributed by atoms with E-state index in [0.29, 0.717) is 6.07 Å². The van der Waals surface area contributed by atoms with E-state index in [9.17, 15) is 35.9 Å². The number of carboxylic acids is 1. The minimum atomic E-state index is -5.26. The molecule has 0 bridgehead atoms. The quantitative estimate of drug-likeness (QED) is 0.643. The van der Waals surface area contributed by atoms with Gasteiger partial charge >= 0.3 is 18.1 Å². The van der Waals surface area contributed by atoms with Crippen LogP contribution in [0, 0.1) is 17.5 Å². The highest BCUT2D eigenvalue weighted by Gasteiger charge is 2.40. The lowest BCUT2D eigenvalue weighted by atomic mass is 10.0. The summed E-state index contributed by atoms with van der Waals surface area (Å²) in [5.74, 6) is -8.20. The van der Waals surface area contributed by atoms with Crippen molar-refractivity contribution in [2.75, 3.05) is 0 Å². The first-order valence-corrected chi connectivity index (χ1v) is 5.73. The van der Waals surface area contributed by atoms with Gasteiger partial charge in [-0.05, 0) is 18.1 Å². The van der Waals surface area contributed by atoms with Gasteiger partial charge in [0, 0.05) is 12.1 Å². The van der Waals surface area contributed by atoms with E-state index in [1.807, 2.05) is 0 Å². The second-order valence-electron chi connectivity index (χ2n) is 4.33. The molecule has 1 rings (SSSR count). The highest BCUT2D eigenvalue weighted by molar-refractivity contribution is 5.82. The Labute approximate surface area is 119 Å². The summed E-state index contributed by atoms with van der Waals surface area (Å²) in [5, 5.41) is 9.96. The summed E-state index contributed by atoms with van der Waals surface area (Å²) in [6.07, 6.45) is -6.97. The topological polar surface area (TPSA) is 66.4 Å². The van der Waals surface area contributed by atoms with Crippen molar-refractivity contribution in [2.45, 2.75) is 25.1 Å². The van der Waals surface area contributed by atoms with Crippen molar-refractivity contribution in [3.05, 3.63) is 35.1 Å². The number of carbonyl (C=O) groups excluding carboxylic acids is 1. The number of carbonyl (C=O) groups is 2. The third kappa shape index (κ3) is 4.93. The number of aliphatic carboxylic acids is 1. The molecule has 0 aliphatic rings. The maximum Gasteiger partial charge on any atom is 0.471 e. The molecule has 0 saturated heterocycles. The first-order chi connectivity index (χ1) is 10.0. The smallest absolute Gasteiger partial charge is 0.471 e. The van der Waals surface area contributed by atoms with Crippen LogP contribution in [0.15, 0.2) is 12.1 Å². The molecule has 0 unspecified atom stereocenters. The number of hydrogen-bond donors (Lipinski definition) is 2. The molecule has 22 heavy (non-hydrogen) atoms. The number of carboxylic acid groups (broad SMARTS) is 1. The van der Waals surface area contributed by atoms with Crippen molar-refractivity contribution < 1.29 is 41.0 Å². The van der Waals surface area contributed by atoms with Crippen LogP contribution >= 0.6 is 0 Å². The molecular formula is C12H9F6NO3. The molecule has 1 aromatic rings. The summed E-state index contributed by atoms with van der Waals surface area (Å²) in [7, 11) is 0. The van der Waals surface area contributed by atoms with E-state index < -0.39 is 60.0 Å². The first kappa shape index (κ1) is 17.8. The fraction of sp³-hybridized carbons (Fsp3) is 0.333. The van der Waals surface area contributed by atoms with Crippen molar-refractivity contribution >= 4 is 11.9 Å². The molecule has 2 N–H and O–H groups in total. The predicted molar refractivity (Wildman–Crippen MR) is 60.3 cm³/mol. The lowest BCUT2D eigenvalue weighted by molar-refractivity contribution is -0.174. The van der Waals surface area contributed by atoms with E-state index in [4.69, 9.17) is 5.11 Å². The molecule has 0 aliphatic heterocycles. The number of rotatable bonds is 5. The number of alkyl halides is 3. The van der Waals surface area contributed by atoms with Crippen LogP contribution in [0.4, 0.5) is 26.3 Å². The lowest BCUT2D eigenvalue weighted by Gasteiger charge is -2.18.